The van der Waals surface area contributed by atoms with Crippen LogP contribution in [0.1, 0.15) is 65.9 Å². The molecule has 0 bridgehead atoms. The predicted octanol–water partition coefficient (Wildman–Crippen LogP) is -0.190. The Hall–Kier alpha value is -4.13. The molecular weight excluding hydrogens is 689 g/mol. The summed E-state index contributed by atoms with van der Waals surface area (Å²) in [7, 11) is 0. The van der Waals surface area contributed by atoms with Gasteiger partial charge in [0.1, 0.15) is 17.5 Å². The topological polar surface area (TPSA) is 251 Å². The Morgan fingerprint density at radius 2 is 1.69 bits per heavy atom. The van der Waals surface area contributed by atoms with E-state index in [1.165, 1.54) is 18.3 Å². The van der Waals surface area contributed by atoms with Crippen LogP contribution in [0.15, 0.2) is 33.2 Å². The van der Waals surface area contributed by atoms with Crippen molar-refractivity contribution in [2.45, 2.75) is 89.3 Å². The summed E-state index contributed by atoms with van der Waals surface area (Å²) in [5, 5.41) is 33.2. The predicted molar refractivity (Wildman–Crippen MR) is 189 cm³/mol. The molecule has 0 aliphatic rings. The largest absolute Gasteiger partial charge is 0.394 e. The molecule has 0 aliphatic carbocycles. The van der Waals surface area contributed by atoms with Crippen molar-refractivity contribution in [3.63, 3.8) is 0 Å². The number of aryl methyl sites for hydroxylation is 1. The molecule has 0 aromatic heterocycles. The number of ketones is 1. The van der Waals surface area contributed by atoms with Gasteiger partial charge in [-0.3, -0.25) is 33.1 Å². The number of amides is 4. The third-order valence-electron chi connectivity index (χ3n) is 7.19. The minimum Gasteiger partial charge on any atom is -0.394 e. The average molecular weight is 742 g/mol. The first-order chi connectivity index (χ1) is 24.0. The fourth-order valence-electron chi connectivity index (χ4n) is 4.70. The van der Waals surface area contributed by atoms with Crippen LogP contribution in [0.5, 0.6) is 0 Å². The first kappa shape index (κ1) is 44.9. The summed E-state index contributed by atoms with van der Waals surface area (Å²) in [5.74, 6) is 1.93. The van der Waals surface area contributed by atoms with Crippen molar-refractivity contribution in [2.75, 3.05) is 32.8 Å². The number of carbonyl (C=O) groups excluding carboxylic acids is 5. The van der Waals surface area contributed by atoms with E-state index in [2.05, 4.69) is 31.4 Å². The lowest BCUT2D eigenvalue weighted by Gasteiger charge is -2.28. The molecule has 4 amide bonds. The van der Waals surface area contributed by atoms with E-state index in [1.54, 1.807) is 13.8 Å². The fraction of sp³-hybridized carbons (Fsp3) is 0.606. The van der Waals surface area contributed by atoms with Crippen molar-refractivity contribution in [1.29, 1.82) is 0 Å². The van der Waals surface area contributed by atoms with Gasteiger partial charge in [-0.25, -0.2) is 8.60 Å². The second kappa shape index (κ2) is 23.4. The number of aliphatic hydroxyl groups is 2. The highest BCUT2D eigenvalue weighted by molar-refractivity contribution is 7.80. The second-order valence-electron chi connectivity index (χ2n) is 12.8. The number of hydrazone groups is 1. The van der Waals surface area contributed by atoms with Crippen LogP contribution >= 0.6 is 0 Å². The number of carbonyl (C=O) groups is 5. The normalized spacial score (nSPS) is 14.8. The van der Waals surface area contributed by atoms with Crippen molar-refractivity contribution in [1.82, 2.24) is 21.3 Å². The van der Waals surface area contributed by atoms with Gasteiger partial charge in [-0.05, 0) is 74.6 Å². The number of nitrogens with two attached hydrogens (primary N) is 1. The van der Waals surface area contributed by atoms with Crippen LogP contribution in [0.25, 0.3) is 0 Å². The Morgan fingerprint density at radius 1 is 1.06 bits per heavy atom. The second-order valence-corrected chi connectivity index (χ2v) is 14.0. The third-order valence-corrected chi connectivity index (χ3v) is 8.16. The number of hydrogen-bond donors (Lipinski definition) is 7. The summed E-state index contributed by atoms with van der Waals surface area (Å²) >= 11 is -2.20. The van der Waals surface area contributed by atoms with E-state index in [0.717, 1.165) is 13.0 Å². The van der Waals surface area contributed by atoms with Gasteiger partial charge in [0.25, 0.3) is 0 Å². The molecule has 1 rings (SSSR count). The number of halogens is 1. The zero-order chi connectivity index (χ0) is 38.6. The van der Waals surface area contributed by atoms with Crippen LogP contribution in [-0.2, 0) is 45.7 Å². The molecule has 1 aromatic rings. The highest BCUT2D eigenvalue weighted by atomic mass is 32.2. The maximum atomic E-state index is 14.5. The number of nitrogens with one attached hydrogen (secondary N) is 4. The van der Waals surface area contributed by atoms with Gasteiger partial charge in [0.15, 0.2) is 16.9 Å². The SMILES string of the molecule is CC(C)C[C@H](NC(=O)CNC=O)C(=O)NCC(=O)N[C@@H](CC(C)C)C(=O)C(C)(O)COS(=O)c1ccc(F)c(CCCC(C=NCCO)=NN)c1. The number of Topliss-reactive ketones (excluding diaryl/α,β-unsaturated/α-hetero) is 1. The first-order valence-electron chi connectivity index (χ1n) is 16.6. The number of hydrogen-bond acceptors (Lipinski definition) is 12. The summed E-state index contributed by atoms with van der Waals surface area (Å²) in [5.41, 5.74) is -1.50. The summed E-state index contributed by atoms with van der Waals surface area (Å²) in [6, 6.07) is 1.57. The number of benzene rings is 1. The Bertz CT molecular complexity index is 1410. The molecule has 1 aromatic carbocycles. The maximum Gasteiger partial charge on any atom is 0.243 e. The molecule has 51 heavy (non-hydrogen) atoms. The van der Waals surface area contributed by atoms with Crippen LogP contribution in [0.2, 0.25) is 0 Å². The summed E-state index contributed by atoms with van der Waals surface area (Å²) in [6.07, 6.45) is 3.20. The average Bonchev–Trinajstić information content (AvgIpc) is 3.07. The summed E-state index contributed by atoms with van der Waals surface area (Å²) in [4.78, 5) is 65.7. The zero-order valence-electron chi connectivity index (χ0n) is 29.8. The zero-order valence-corrected chi connectivity index (χ0v) is 30.6. The number of rotatable bonds is 25. The molecule has 2 unspecified atom stereocenters. The number of nitrogens with zero attached hydrogens (tertiary/aromatic N) is 2. The Labute approximate surface area is 300 Å². The molecule has 18 heteroatoms. The van der Waals surface area contributed by atoms with Crippen molar-refractivity contribution in [3.8, 4) is 0 Å². The van der Waals surface area contributed by atoms with E-state index >= 15 is 0 Å². The van der Waals surface area contributed by atoms with Gasteiger partial charge >= 0.3 is 0 Å². The van der Waals surface area contributed by atoms with E-state index in [1.807, 2.05) is 13.8 Å². The molecule has 0 saturated carbocycles. The number of aliphatic hydroxyl groups excluding tert-OH is 1. The van der Waals surface area contributed by atoms with E-state index in [9.17, 15) is 37.7 Å². The van der Waals surface area contributed by atoms with Crippen LogP contribution in [0.4, 0.5) is 4.39 Å². The van der Waals surface area contributed by atoms with Crippen molar-refractivity contribution >= 4 is 52.9 Å². The molecule has 0 saturated heterocycles. The molecule has 8 N–H and O–H groups in total. The molecule has 0 radical (unpaired) electrons. The molecular formula is C33H52FN7O9S. The van der Waals surface area contributed by atoms with Crippen molar-refractivity contribution in [3.05, 3.63) is 29.6 Å². The molecule has 4 atom stereocenters. The Balaban J connectivity index is 2.88. The minimum absolute atomic E-state index is 0.00519. The monoisotopic (exact) mass is 741 g/mol. The van der Waals surface area contributed by atoms with Crippen molar-refractivity contribution in [2.24, 2.45) is 27.8 Å². The van der Waals surface area contributed by atoms with Crippen LogP contribution < -0.4 is 27.1 Å². The highest BCUT2D eigenvalue weighted by Crippen LogP contribution is 2.20. The van der Waals surface area contributed by atoms with E-state index in [-0.39, 0.29) is 61.3 Å². The Kier molecular flexibility index (Phi) is 20.6. The smallest absolute Gasteiger partial charge is 0.243 e. The van der Waals surface area contributed by atoms with Gasteiger partial charge in [0.05, 0.1) is 49.5 Å². The van der Waals surface area contributed by atoms with Crippen LogP contribution in [-0.4, -0.2) is 107 Å². The lowest BCUT2D eigenvalue weighted by atomic mass is 9.90. The summed E-state index contributed by atoms with van der Waals surface area (Å²) in [6.45, 7) is 6.91. The van der Waals surface area contributed by atoms with E-state index in [4.69, 9.17) is 15.1 Å². The molecule has 0 aliphatic heterocycles. The van der Waals surface area contributed by atoms with Gasteiger partial charge in [-0.1, -0.05) is 27.7 Å². The molecule has 286 valence electrons. The van der Waals surface area contributed by atoms with Gasteiger partial charge in [0.2, 0.25) is 24.1 Å². The molecule has 0 heterocycles. The molecule has 0 spiro atoms. The highest BCUT2D eigenvalue weighted by Gasteiger charge is 2.38. The van der Waals surface area contributed by atoms with Gasteiger partial charge in [-0.15, -0.1) is 0 Å². The van der Waals surface area contributed by atoms with E-state index in [0.29, 0.717) is 25.0 Å². The van der Waals surface area contributed by atoms with Gasteiger partial charge in [0, 0.05) is 6.21 Å². The van der Waals surface area contributed by atoms with Gasteiger partial charge < -0.3 is 37.3 Å². The van der Waals surface area contributed by atoms with E-state index < -0.39 is 71.2 Å². The first-order valence-corrected chi connectivity index (χ1v) is 17.6. The minimum atomic E-state index is -2.20. The standard InChI is InChI=1S/C33H52FN7O9S/c1-21(2)13-27(39-30(45)18-38-32(47)28(14-22(3)4)40-29(44)17-37-20-43)31(46)33(5,48)19-50-51(49)25-9-10-26(34)23(15-25)7-6-8-24(41-35)16-36-11-12-42/h9-10,15-16,20-22,27-28,42,48H,6-8,11-14,17-19,35H2,1-5H3,(H,37,43)(H,38,47)(H,39,45)(H,40,44)/t27-,28-,33?,51?/m0/s1. The quantitative estimate of drug-likeness (QED) is 0.0301. The van der Waals surface area contributed by atoms with Gasteiger partial charge in [-0.2, -0.15) is 5.10 Å². The molecule has 0 fully saturated rings. The molecule has 16 nitrogen and oxygen atoms in total. The lowest BCUT2D eigenvalue weighted by Crippen LogP contribution is -2.55. The maximum absolute atomic E-state index is 14.5. The van der Waals surface area contributed by atoms with Crippen LogP contribution in [0, 0.1) is 17.7 Å². The number of aliphatic imine (C=N–C) groups is 1. The lowest BCUT2D eigenvalue weighted by molar-refractivity contribution is -0.143. The summed E-state index contributed by atoms with van der Waals surface area (Å²) < 4.78 is 32.9. The van der Waals surface area contributed by atoms with Crippen molar-refractivity contribution < 1.29 is 47.0 Å². The third kappa shape index (κ3) is 17.6. The Morgan fingerprint density at radius 3 is 2.29 bits per heavy atom. The fourth-order valence-corrected chi connectivity index (χ4v) is 5.59. The van der Waals surface area contributed by atoms with Crippen LogP contribution in [0.3, 0.4) is 0 Å².